The van der Waals surface area contributed by atoms with E-state index in [9.17, 15) is 19.2 Å². The van der Waals surface area contributed by atoms with Gasteiger partial charge in [0.2, 0.25) is 11.8 Å². The fourth-order valence-electron chi connectivity index (χ4n) is 13.6. The average molecular weight is 1170 g/mol. The fraction of sp³-hybridized carbons (Fsp3) is 0.625. The Kier molecular flexibility index (Phi) is 25.9. The van der Waals surface area contributed by atoms with Crippen LogP contribution in [0.4, 0.5) is 0 Å². The summed E-state index contributed by atoms with van der Waals surface area (Å²) in [7, 11) is 0. The molecule has 4 fully saturated rings. The van der Waals surface area contributed by atoms with Crippen LogP contribution in [0.25, 0.3) is 0 Å². The molecule has 4 amide bonds. The third-order valence-electron chi connectivity index (χ3n) is 17.8. The zero-order chi connectivity index (χ0) is 60.7. The highest BCUT2D eigenvalue weighted by atomic mass is 16.7. The number of hydrogen-bond donors (Lipinski definition) is 5. The lowest BCUT2D eigenvalue weighted by molar-refractivity contribution is -0.823. The first-order valence-corrected chi connectivity index (χ1v) is 32.1. The summed E-state index contributed by atoms with van der Waals surface area (Å²) in [5.41, 5.74) is 2.25. The van der Waals surface area contributed by atoms with Crippen LogP contribution < -0.4 is 26.6 Å². The van der Waals surface area contributed by atoms with Gasteiger partial charge in [-0.3, -0.25) is 29.1 Å². The number of fused-ring (bicyclic) bond motifs is 2. The number of nitrogens with one attached hydrogen (secondary N) is 5. The Morgan fingerprint density at radius 2 is 0.894 bits per heavy atom. The smallest absolute Gasteiger partial charge is 0.494 e. The normalized spacial score (nSPS) is 23.0. The Labute approximate surface area is 507 Å². The van der Waals surface area contributed by atoms with Crippen LogP contribution in [0.5, 0.6) is 0 Å². The lowest BCUT2D eigenvalue weighted by Gasteiger charge is -2.51. The molecule has 4 saturated heterocycles. The summed E-state index contributed by atoms with van der Waals surface area (Å²) in [5, 5.41) is 16.1. The number of amides is 4. The van der Waals surface area contributed by atoms with Crippen molar-refractivity contribution in [3.05, 3.63) is 120 Å². The summed E-state index contributed by atoms with van der Waals surface area (Å²) in [6.07, 6.45) is 21.7. The van der Waals surface area contributed by atoms with Gasteiger partial charge in [-0.15, -0.1) is 0 Å². The van der Waals surface area contributed by atoms with Crippen molar-refractivity contribution in [2.45, 2.75) is 169 Å². The molecule has 5 N–H and O–H groups in total. The summed E-state index contributed by atoms with van der Waals surface area (Å²) in [4.78, 5) is 70.6. The minimum atomic E-state index is -1.80. The topological polar surface area (TPSA) is 217 Å². The maximum atomic E-state index is 14.1. The number of carbonyl (C=O) groups is 4. The number of unbranched alkanes of at least 4 members (excludes halogenated alkanes) is 6. The maximum absolute atomic E-state index is 14.1. The predicted molar refractivity (Wildman–Crippen MR) is 334 cm³/mol. The summed E-state index contributed by atoms with van der Waals surface area (Å²) in [6.45, 7) is 23.2. The molecule has 0 unspecified atom stereocenters. The van der Waals surface area contributed by atoms with E-state index < -0.39 is 37.3 Å². The Morgan fingerprint density at radius 3 is 1.26 bits per heavy atom. The van der Waals surface area contributed by atoms with E-state index in [0.717, 1.165) is 97.3 Å². The summed E-state index contributed by atoms with van der Waals surface area (Å²) in [6, 6.07) is 18.4. The van der Waals surface area contributed by atoms with Gasteiger partial charge < -0.3 is 54.0 Å². The number of quaternary nitrogens is 2. The van der Waals surface area contributed by atoms with Gasteiger partial charge in [0.1, 0.15) is 23.5 Å². The molecule has 4 aromatic rings. The molecule has 85 heavy (non-hydrogen) atoms. The molecule has 4 aliphatic heterocycles. The quantitative estimate of drug-likeness (QED) is 0.0230. The van der Waals surface area contributed by atoms with Crippen molar-refractivity contribution in [3.63, 3.8) is 0 Å². The zero-order valence-electron chi connectivity index (χ0n) is 52.4. The number of benzene rings is 2. The van der Waals surface area contributed by atoms with Gasteiger partial charge in [-0.1, -0.05) is 155 Å². The van der Waals surface area contributed by atoms with Crippen LogP contribution in [-0.4, -0.2) is 168 Å². The Bertz CT molecular complexity index is 2630. The number of hydrogen-bond acceptors (Lipinski definition) is 13. The molecule has 0 bridgehead atoms. The van der Waals surface area contributed by atoms with Crippen LogP contribution >= 0.6 is 0 Å². The van der Waals surface area contributed by atoms with Gasteiger partial charge in [-0.05, 0) is 67.5 Å². The van der Waals surface area contributed by atoms with Crippen molar-refractivity contribution in [2.24, 2.45) is 17.8 Å². The third kappa shape index (κ3) is 18.4. The highest BCUT2D eigenvalue weighted by Gasteiger charge is 2.64. The Balaban J connectivity index is 0.000000244. The van der Waals surface area contributed by atoms with E-state index in [1.165, 1.54) is 82.1 Å². The second kappa shape index (κ2) is 32.9. The summed E-state index contributed by atoms with van der Waals surface area (Å²) >= 11 is 0. The standard InChI is InChI=1S/C32H51BN6O4.C32H50BN5O4/c1-25(2)22-30(33-39(18-20-42-33,19-21-43-33)17-11-6-5-10-14-35-26(3)4)38-31(40)28(23-27-12-8-7-9-13-27)37-32(41)29-24-34-15-16-36-29;1-25(2)12-8-5-6-11-17-38-18-20-41-33(38,42-21-19-38)30(22-26(3)4)37-31(39)28(23-27-13-9-7-10-14-27)36-32(40)29-24-34-15-16-35-29/h7-9,12-13,15-16,24-26,28,30,35H,5-6,10-11,14,17-23H2,1-4H3,(H,37,41)(H,38,40);7,9-10,13-16,24-26,28,30H,5-6,8,11-12,17-23H2,1-4H3,(H,36,40)(H,37,39)/t28-,30-,33?,39?;28-,30-,33?,38?/m00/s1. The highest BCUT2D eigenvalue weighted by molar-refractivity contribution is 6.63. The van der Waals surface area contributed by atoms with Gasteiger partial charge in [0, 0.05) is 68.6 Å². The van der Waals surface area contributed by atoms with Crippen LogP contribution in [0.15, 0.2) is 97.8 Å². The molecule has 0 radical (unpaired) electrons. The van der Waals surface area contributed by atoms with Crippen molar-refractivity contribution in [3.8, 4) is 0 Å². The first-order chi connectivity index (χ1) is 41.0. The monoisotopic (exact) mass is 1170 g/mol. The maximum Gasteiger partial charge on any atom is 0.494 e. The van der Waals surface area contributed by atoms with Gasteiger partial charge in [-0.25, -0.2) is 9.97 Å². The minimum absolute atomic E-state index is 0.170. The van der Waals surface area contributed by atoms with Crippen LogP contribution in [0.1, 0.15) is 158 Å². The van der Waals surface area contributed by atoms with Crippen LogP contribution in [0.2, 0.25) is 0 Å². The van der Waals surface area contributed by atoms with E-state index in [0.29, 0.717) is 57.1 Å². The lowest BCUT2D eigenvalue weighted by atomic mass is 9.57. The number of aromatic nitrogens is 4. The first kappa shape index (κ1) is 66.8. The summed E-state index contributed by atoms with van der Waals surface area (Å²) in [5.74, 6) is -0.573. The second-order valence-electron chi connectivity index (χ2n) is 25.9. The summed E-state index contributed by atoms with van der Waals surface area (Å²) < 4.78 is 27.9. The van der Waals surface area contributed by atoms with E-state index in [2.05, 4.69) is 102 Å². The van der Waals surface area contributed by atoms with Crippen molar-refractivity contribution in [1.29, 1.82) is 0 Å². The van der Waals surface area contributed by atoms with Crippen molar-refractivity contribution in [2.75, 3.05) is 72.2 Å². The molecule has 21 heteroatoms. The van der Waals surface area contributed by atoms with Crippen LogP contribution in [0, 0.1) is 17.8 Å². The molecule has 0 aliphatic carbocycles. The van der Waals surface area contributed by atoms with Gasteiger partial charge in [0.25, 0.3) is 11.8 Å². The first-order valence-electron chi connectivity index (χ1n) is 32.1. The van der Waals surface area contributed by atoms with Crippen molar-refractivity contribution < 1.29 is 46.6 Å². The number of nitrogens with zero attached hydrogens (tertiary/aromatic N) is 6. The second-order valence-corrected chi connectivity index (χ2v) is 25.9. The molecular formula is C64H101B2N11O8. The van der Waals surface area contributed by atoms with Crippen molar-refractivity contribution in [1.82, 2.24) is 46.5 Å². The number of rotatable bonds is 33. The lowest BCUT2D eigenvalue weighted by Crippen LogP contribution is -2.73. The minimum Gasteiger partial charge on any atom is -0.508 e. The molecule has 0 spiro atoms. The molecule has 2 aromatic carbocycles. The van der Waals surface area contributed by atoms with Gasteiger partial charge in [0.05, 0.1) is 65.0 Å². The van der Waals surface area contributed by atoms with Crippen LogP contribution in [-0.2, 0) is 41.0 Å². The van der Waals surface area contributed by atoms with Crippen LogP contribution in [0.3, 0.4) is 0 Å². The van der Waals surface area contributed by atoms with Gasteiger partial charge >= 0.3 is 13.4 Å². The molecular weight excluding hydrogens is 1070 g/mol. The van der Waals surface area contributed by atoms with E-state index in [1.807, 2.05) is 60.7 Å². The molecule has 466 valence electrons. The van der Waals surface area contributed by atoms with Gasteiger partial charge in [0.15, 0.2) is 0 Å². The molecule has 19 nitrogen and oxygen atoms in total. The SMILES string of the molecule is CC(C)CCCCCC[N+]12CCO[B-]1([C@H](CC(C)C)NC(=O)[C@H](Cc1ccccc1)NC(=O)c1cnccn1)OCC2.CC(C)C[C@H](NC(=O)[C@H](Cc1ccccc1)NC(=O)c1cnccn1)[B-]12OCC[N+]1(CCCCCCNC(C)C)CCO2. The Hall–Kier alpha value is -5.67. The van der Waals surface area contributed by atoms with E-state index >= 15 is 0 Å². The fourth-order valence-corrected chi connectivity index (χ4v) is 13.6. The largest absolute Gasteiger partial charge is 0.508 e. The molecule has 2 aromatic heterocycles. The van der Waals surface area contributed by atoms with Crippen molar-refractivity contribution >= 4 is 37.0 Å². The van der Waals surface area contributed by atoms with E-state index in [1.54, 1.807) is 0 Å². The molecule has 6 heterocycles. The van der Waals surface area contributed by atoms with E-state index in [4.69, 9.17) is 18.6 Å². The molecule has 0 saturated carbocycles. The zero-order valence-corrected chi connectivity index (χ0v) is 52.4. The molecule has 4 aliphatic rings. The molecule has 4 atom stereocenters. The highest BCUT2D eigenvalue weighted by Crippen LogP contribution is 2.41. The Morgan fingerprint density at radius 1 is 0.494 bits per heavy atom. The van der Waals surface area contributed by atoms with Gasteiger partial charge in [-0.2, -0.15) is 0 Å². The third-order valence-corrected chi connectivity index (χ3v) is 17.8. The van der Waals surface area contributed by atoms with E-state index in [-0.39, 0.29) is 35.1 Å². The molecule has 8 rings (SSSR count). The predicted octanol–water partition coefficient (Wildman–Crippen LogP) is 7.57. The number of carbonyl (C=O) groups excluding carboxylic acids is 4. The average Bonchev–Trinajstić information content (AvgIpc) is 2.02.